The monoisotopic (exact) mass is 306 g/mol. The second-order valence-corrected chi connectivity index (χ2v) is 5.29. The van der Waals surface area contributed by atoms with Crippen molar-refractivity contribution in [3.05, 3.63) is 41.4 Å². The van der Waals surface area contributed by atoms with Gasteiger partial charge in [0.25, 0.3) is 5.91 Å². The molecule has 1 aliphatic rings. The fraction of sp³-hybridized carbons (Fsp3) is 0.357. The van der Waals surface area contributed by atoms with Gasteiger partial charge in [-0.05, 0) is 42.6 Å². The van der Waals surface area contributed by atoms with Crippen LogP contribution in [-0.4, -0.2) is 35.2 Å². The van der Waals surface area contributed by atoms with Crippen LogP contribution in [0.2, 0.25) is 5.22 Å². The standard InChI is InChI=1S/C14H15ClN4O2/c15-13-11(5-8-21-13)14(20)17-10-3-2-7-19(9-10)12-4-1-6-16-18-12/h1,4-6,8,10H,2-3,7,9H2,(H,17,20)/t10-/m1/s1. The fourth-order valence-corrected chi connectivity index (χ4v) is 2.68. The zero-order chi connectivity index (χ0) is 14.7. The molecular formula is C14H15ClN4O2. The molecule has 1 atom stereocenters. The number of furan rings is 1. The molecule has 1 amide bonds. The molecule has 2 aromatic rings. The number of aromatic nitrogens is 2. The first kappa shape index (κ1) is 13.9. The zero-order valence-electron chi connectivity index (χ0n) is 11.3. The van der Waals surface area contributed by atoms with Crippen LogP contribution in [0.15, 0.2) is 35.1 Å². The van der Waals surface area contributed by atoms with E-state index in [1.165, 1.54) is 6.26 Å². The topological polar surface area (TPSA) is 71.3 Å². The summed E-state index contributed by atoms with van der Waals surface area (Å²) in [5.41, 5.74) is 0.369. The van der Waals surface area contributed by atoms with Gasteiger partial charge in [-0.2, -0.15) is 5.10 Å². The van der Waals surface area contributed by atoms with Gasteiger partial charge in [-0.1, -0.05) is 0 Å². The highest BCUT2D eigenvalue weighted by atomic mass is 35.5. The highest BCUT2D eigenvalue weighted by Gasteiger charge is 2.24. The summed E-state index contributed by atoms with van der Waals surface area (Å²) >= 11 is 5.82. The Morgan fingerprint density at radius 2 is 2.38 bits per heavy atom. The van der Waals surface area contributed by atoms with Crippen molar-refractivity contribution in [2.45, 2.75) is 18.9 Å². The van der Waals surface area contributed by atoms with E-state index in [4.69, 9.17) is 16.0 Å². The van der Waals surface area contributed by atoms with E-state index in [2.05, 4.69) is 20.4 Å². The number of piperidine rings is 1. The molecule has 0 unspecified atom stereocenters. The van der Waals surface area contributed by atoms with Gasteiger partial charge in [-0.3, -0.25) is 4.79 Å². The van der Waals surface area contributed by atoms with Gasteiger partial charge in [0, 0.05) is 25.3 Å². The lowest BCUT2D eigenvalue weighted by Crippen LogP contribution is -2.48. The van der Waals surface area contributed by atoms with Crippen molar-refractivity contribution in [1.29, 1.82) is 0 Å². The summed E-state index contributed by atoms with van der Waals surface area (Å²) in [6.45, 7) is 1.62. The van der Waals surface area contributed by atoms with Crippen LogP contribution in [0.3, 0.4) is 0 Å². The Morgan fingerprint density at radius 3 is 3.10 bits per heavy atom. The molecule has 1 saturated heterocycles. The number of halogens is 1. The van der Waals surface area contributed by atoms with E-state index >= 15 is 0 Å². The maximum atomic E-state index is 12.1. The molecule has 0 spiro atoms. The normalized spacial score (nSPS) is 18.5. The summed E-state index contributed by atoms with van der Waals surface area (Å²) in [5.74, 6) is 0.623. The average Bonchev–Trinajstić information content (AvgIpc) is 2.95. The molecule has 1 aliphatic heterocycles. The molecule has 0 aromatic carbocycles. The molecule has 0 bridgehead atoms. The highest BCUT2D eigenvalue weighted by Crippen LogP contribution is 2.19. The molecule has 7 heteroatoms. The highest BCUT2D eigenvalue weighted by molar-refractivity contribution is 6.32. The van der Waals surface area contributed by atoms with E-state index < -0.39 is 0 Å². The summed E-state index contributed by atoms with van der Waals surface area (Å²) in [7, 11) is 0. The second kappa shape index (κ2) is 6.13. The number of hydrogen-bond donors (Lipinski definition) is 1. The number of hydrogen-bond acceptors (Lipinski definition) is 5. The number of nitrogens with zero attached hydrogens (tertiary/aromatic N) is 3. The maximum absolute atomic E-state index is 12.1. The lowest BCUT2D eigenvalue weighted by molar-refractivity contribution is 0.0932. The van der Waals surface area contributed by atoms with E-state index in [9.17, 15) is 4.79 Å². The quantitative estimate of drug-likeness (QED) is 0.940. The van der Waals surface area contributed by atoms with Crippen molar-refractivity contribution >= 4 is 23.3 Å². The van der Waals surface area contributed by atoms with Crippen molar-refractivity contribution in [3.63, 3.8) is 0 Å². The first-order valence-electron chi connectivity index (χ1n) is 6.80. The molecule has 3 heterocycles. The Morgan fingerprint density at radius 1 is 1.48 bits per heavy atom. The predicted octanol–water partition coefficient (Wildman–Crippen LogP) is 2.12. The lowest BCUT2D eigenvalue weighted by Gasteiger charge is -2.33. The van der Waals surface area contributed by atoms with Crippen molar-refractivity contribution in [1.82, 2.24) is 15.5 Å². The first-order chi connectivity index (χ1) is 10.2. The van der Waals surface area contributed by atoms with Gasteiger partial charge in [0.1, 0.15) is 0 Å². The third-order valence-electron chi connectivity index (χ3n) is 3.50. The lowest BCUT2D eigenvalue weighted by atomic mass is 10.1. The molecule has 3 rings (SSSR count). The number of carbonyl (C=O) groups excluding carboxylic acids is 1. The van der Waals surface area contributed by atoms with Crippen molar-refractivity contribution in [3.8, 4) is 0 Å². The SMILES string of the molecule is O=C(N[C@@H]1CCCN(c2cccnn2)C1)c1ccoc1Cl. The van der Waals surface area contributed by atoms with Crippen LogP contribution in [0.1, 0.15) is 23.2 Å². The van der Waals surface area contributed by atoms with E-state index in [0.717, 1.165) is 25.2 Å². The van der Waals surface area contributed by atoms with Crippen LogP contribution in [-0.2, 0) is 0 Å². The van der Waals surface area contributed by atoms with E-state index in [-0.39, 0.29) is 17.2 Å². The van der Waals surface area contributed by atoms with Crippen LogP contribution in [0.5, 0.6) is 0 Å². The molecule has 0 aliphatic carbocycles. The van der Waals surface area contributed by atoms with Gasteiger partial charge < -0.3 is 14.6 Å². The molecule has 1 N–H and O–H groups in total. The summed E-state index contributed by atoms with van der Waals surface area (Å²) in [6.07, 6.45) is 4.97. The number of carbonyl (C=O) groups is 1. The second-order valence-electron chi connectivity index (χ2n) is 4.95. The fourth-order valence-electron chi connectivity index (χ4n) is 2.48. The van der Waals surface area contributed by atoms with Crippen LogP contribution < -0.4 is 10.2 Å². The third kappa shape index (κ3) is 3.16. The van der Waals surface area contributed by atoms with Crippen molar-refractivity contribution in [2.75, 3.05) is 18.0 Å². The Hall–Kier alpha value is -2.08. The van der Waals surface area contributed by atoms with Gasteiger partial charge in [0.05, 0.1) is 11.8 Å². The molecule has 6 nitrogen and oxygen atoms in total. The number of amides is 1. The van der Waals surface area contributed by atoms with Crippen LogP contribution in [0, 0.1) is 0 Å². The van der Waals surface area contributed by atoms with Gasteiger partial charge >= 0.3 is 0 Å². The number of anilines is 1. The molecule has 2 aromatic heterocycles. The minimum absolute atomic E-state index is 0.0548. The summed E-state index contributed by atoms with van der Waals surface area (Å²) in [6, 6.07) is 5.40. The maximum Gasteiger partial charge on any atom is 0.256 e. The minimum atomic E-state index is -0.209. The molecule has 110 valence electrons. The average molecular weight is 307 g/mol. The van der Waals surface area contributed by atoms with Crippen LogP contribution >= 0.6 is 11.6 Å². The van der Waals surface area contributed by atoms with E-state index in [1.54, 1.807) is 12.3 Å². The molecule has 0 radical (unpaired) electrons. The number of nitrogens with one attached hydrogen (secondary N) is 1. The third-order valence-corrected chi connectivity index (χ3v) is 3.79. The van der Waals surface area contributed by atoms with Gasteiger partial charge in [-0.15, -0.1) is 5.10 Å². The summed E-state index contributed by atoms with van der Waals surface area (Å²) in [5, 5.41) is 11.1. The van der Waals surface area contributed by atoms with Crippen molar-refractivity contribution < 1.29 is 9.21 Å². The largest absolute Gasteiger partial charge is 0.452 e. The zero-order valence-corrected chi connectivity index (χ0v) is 12.1. The van der Waals surface area contributed by atoms with Gasteiger partial charge in [0.2, 0.25) is 5.22 Å². The summed E-state index contributed by atoms with van der Waals surface area (Å²) in [4.78, 5) is 14.3. The van der Waals surface area contributed by atoms with E-state index in [1.807, 2.05) is 12.1 Å². The predicted molar refractivity (Wildman–Crippen MR) is 78.5 cm³/mol. The smallest absolute Gasteiger partial charge is 0.256 e. The van der Waals surface area contributed by atoms with Gasteiger partial charge in [-0.25, -0.2) is 0 Å². The molecule has 0 saturated carbocycles. The van der Waals surface area contributed by atoms with Gasteiger partial charge in [0.15, 0.2) is 5.82 Å². The Labute approximate surface area is 127 Å². The van der Waals surface area contributed by atoms with Crippen molar-refractivity contribution in [2.24, 2.45) is 0 Å². The summed E-state index contributed by atoms with van der Waals surface area (Å²) < 4.78 is 4.94. The minimum Gasteiger partial charge on any atom is -0.452 e. The Balaban J connectivity index is 1.64. The molecular weight excluding hydrogens is 292 g/mol. The van der Waals surface area contributed by atoms with Crippen LogP contribution in [0.4, 0.5) is 5.82 Å². The first-order valence-corrected chi connectivity index (χ1v) is 7.18. The molecule has 1 fully saturated rings. The number of rotatable bonds is 3. The molecule has 21 heavy (non-hydrogen) atoms. The Bertz CT molecular complexity index is 616. The van der Waals surface area contributed by atoms with E-state index in [0.29, 0.717) is 12.1 Å². The Kier molecular flexibility index (Phi) is 4.06. The van der Waals surface area contributed by atoms with Crippen LogP contribution in [0.25, 0.3) is 0 Å².